The lowest BCUT2D eigenvalue weighted by molar-refractivity contribution is 0.0572. The molecule has 0 spiro atoms. The summed E-state index contributed by atoms with van der Waals surface area (Å²) in [5.74, 6) is 0.545. The number of ether oxygens (including phenoxy) is 1. The van der Waals surface area contributed by atoms with Gasteiger partial charge in [-0.15, -0.1) is 0 Å². The van der Waals surface area contributed by atoms with Gasteiger partial charge in [0.05, 0.1) is 18.4 Å². The Morgan fingerprint density at radius 3 is 3.40 bits per heavy atom. The SMILES string of the molecule is C[C@@H]1C[C@@H]2CON=C2CO1. The Morgan fingerprint density at radius 1 is 1.60 bits per heavy atom. The number of hydrogen-bond donors (Lipinski definition) is 0. The molecule has 2 atom stereocenters. The Labute approximate surface area is 60.0 Å². The molecule has 0 amide bonds. The van der Waals surface area contributed by atoms with Gasteiger partial charge in [-0.2, -0.15) is 0 Å². The average Bonchev–Trinajstić information content (AvgIpc) is 2.33. The van der Waals surface area contributed by atoms with Gasteiger partial charge in [-0.3, -0.25) is 0 Å². The monoisotopic (exact) mass is 141 g/mol. The molecule has 3 heteroatoms. The van der Waals surface area contributed by atoms with Crippen LogP contribution < -0.4 is 0 Å². The van der Waals surface area contributed by atoms with E-state index in [4.69, 9.17) is 9.57 Å². The molecule has 2 heterocycles. The highest BCUT2D eigenvalue weighted by atomic mass is 16.6. The standard InChI is InChI=1S/C7H11NO2/c1-5-2-6-3-10-8-7(6)4-9-5/h5-6H,2-4H2,1H3/t5-,6-/m1/s1. The Hall–Kier alpha value is -0.570. The van der Waals surface area contributed by atoms with Crippen LogP contribution in [0.3, 0.4) is 0 Å². The third kappa shape index (κ3) is 0.904. The van der Waals surface area contributed by atoms with E-state index in [0.717, 1.165) is 18.7 Å². The van der Waals surface area contributed by atoms with Crippen LogP contribution >= 0.6 is 0 Å². The molecule has 10 heavy (non-hydrogen) atoms. The van der Waals surface area contributed by atoms with E-state index in [1.54, 1.807) is 0 Å². The van der Waals surface area contributed by atoms with Crippen LogP contribution in [0, 0.1) is 5.92 Å². The first kappa shape index (κ1) is 6.16. The van der Waals surface area contributed by atoms with Crippen LogP contribution in [0.15, 0.2) is 5.16 Å². The van der Waals surface area contributed by atoms with Crippen molar-refractivity contribution in [2.45, 2.75) is 19.4 Å². The van der Waals surface area contributed by atoms with Gasteiger partial charge in [0.25, 0.3) is 0 Å². The molecule has 0 N–H and O–H groups in total. The van der Waals surface area contributed by atoms with Crippen molar-refractivity contribution in [1.29, 1.82) is 0 Å². The van der Waals surface area contributed by atoms with Crippen molar-refractivity contribution < 1.29 is 9.57 Å². The van der Waals surface area contributed by atoms with E-state index < -0.39 is 0 Å². The average molecular weight is 141 g/mol. The van der Waals surface area contributed by atoms with Crippen molar-refractivity contribution in [1.82, 2.24) is 0 Å². The third-order valence-corrected chi connectivity index (χ3v) is 2.06. The van der Waals surface area contributed by atoms with E-state index in [9.17, 15) is 0 Å². The minimum Gasteiger partial charge on any atom is -0.395 e. The fourth-order valence-corrected chi connectivity index (χ4v) is 1.43. The second-order valence-corrected chi connectivity index (χ2v) is 2.93. The van der Waals surface area contributed by atoms with Crippen molar-refractivity contribution in [3.8, 4) is 0 Å². The quantitative estimate of drug-likeness (QED) is 0.499. The molecule has 0 aliphatic carbocycles. The molecule has 2 aliphatic rings. The van der Waals surface area contributed by atoms with Crippen molar-refractivity contribution in [2.75, 3.05) is 13.2 Å². The van der Waals surface area contributed by atoms with E-state index in [2.05, 4.69) is 12.1 Å². The third-order valence-electron chi connectivity index (χ3n) is 2.06. The normalized spacial score (nSPS) is 38.3. The van der Waals surface area contributed by atoms with Gasteiger partial charge in [0.2, 0.25) is 0 Å². The molecular formula is C7H11NO2. The molecule has 2 rings (SSSR count). The van der Waals surface area contributed by atoms with Crippen LogP contribution in [0.5, 0.6) is 0 Å². The lowest BCUT2D eigenvalue weighted by atomic mass is 9.96. The summed E-state index contributed by atoms with van der Waals surface area (Å²) in [4.78, 5) is 4.95. The highest BCUT2D eigenvalue weighted by molar-refractivity contribution is 5.89. The predicted octanol–water partition coefficient (Wildman–Crippen LogP) is 0.798. The highest BCUT2D eigenvalue weighted by Gasteiger charge is 2.29. The molecule has 1 fully saturated rings. The summed E-state index contributed by atoms with van der Waals surface area (Å²) >= 11 is 0. The number of oxime groups is 1. The smallest absolute Gasteiger partial charge is 0.125 e. The van der Waals surface area contributed by atoms with Gasteiger partial charge < -0.3 is 9.57 Å². The first-order chi connectivity index (χ1) is 4.86. The largest absolute Gasteiger partial charge is 0.395 e. The molecule has 0 unspecified atom stereocenters. The Morgan fingerprint density at radius 2 is 2.50 bits per heavy atom. The molecule has 0 aromatic carbocycles. The fraction of sp³-hybridized carbons (Fsp3) is 0.857. The topological polar surface area (TPSA) is 30.8 Å². The van der Waals surface area contributed by atoms with E-state index in [1.807, 2.05) is 0 Å². The van der Waals surface area contributed by atoms with Gasteiger partial charge in [0.1, 0.15) is 6.61 Å². The summed E-state index contributed by atoms with van der Waals surface area (Å²) < 4.78 is 5.38. The number of nitrogens with zero attached hydrogens (tertiary/aromatic N) is 1. The van der Waals surface area contributed by atoms with Crippen molar-refractivity contribution >= 4 is 5.71 Å². The molecular weight excluding hydrogens is 130 g/mol. The van der Waals surface area contributed by atoms with Crippen molar-refractivity contribution in [3.63, 3.8) is 0 Å². The number of hydrogen-bond acceptors (Lipinski definition) is 3. The predicted molar refractivity (Wildman–Crippen MR) is 36.9 cm³/mol. The van der Waals surface area contributed by atoms with Gasteiger partial charge in [0.15, 0.2) is 0 Å². The van der Waals surface area contributed by atoms with E-state index in [-0.39, 0.29) is 0 Å². The van der Waals surface area contributed by atoms with Crippen molar-refractivity contribution in [2.24, 2.45) is 11.1 Å². The van der Waals surface area contributed by atoms with E-state index in [1.165, 1.54) is 0 Å². The Bertz CT molecular complexity index is 167. The van der Waals surface area contributed by atoms with Crippen molar-refractivity contribution in [3.05, 3.63) is 0 Å². The summed E-state index contributed by atoms with van der Waals surface area (Å²) in [5, 5.41) is 3.88. The summed E-state index contributed by atoms with van der Waals surface area (Å²) in [6.07, 6.45) is 1.45. The van der Waals surface area contributed by atoms with Crippen LogP contribution in [0.1, 0.15) is 13.3 Å². The van der Waals surface area contributed by atoms with Gasteiger partial charge in [-0.1, -0.05) is 5.16 Å². The minimum absolute atomic E-state index is 0.380. The highest BCUT2D eigenvalue weighted by Crippen LogP contribution is 2.22. The Kier molecular flexibility index (Phi) is 1.38. The molecule has 0 aromatic rings. The molecule has 1 saturated heterocycles. The van der Waals surface area contributed by atoms with Crippen LogP contribution in [0.4, 0.5) is 0 Å². The molecule has 0 bridgehead atoms. The molecule has 0 aromatic heterocycles. The lowest BCUT2D eigenvalue weighted by Crippen LogP contribution is -2.31. The maximum Gasteiger partial charge on any atom is 0.125 e. The van der Waals surface area contributed by atoms with Crippen LogP contribution in [-0.2, 0) is 9.57 Å². The maximum atomic E-state index is 5.38. The lowest BCUT2D eigenvalue weighted by Gasteiger charge is -2.22. The zero-order chi connectivity index (χ0) is 6.97. The zero-order valence-electron chi connectivity index (χ0n) is 6.04. The number of rotatable bonds is 0. The van der Waals surface area contributed by atoms with E-state index in [0.29, 0.717) is 18.6 Å². The zero-order valence-corrected chi connectivity index (χ0v) is 6.04. The van der Waals surface area contributed by atoms with Crippen LogP contribution in [-0.4, -0.2) is 25.0 Å². The second-order valence-electron chi connectivity index (χ2n) is 2.93. The summed E-state index contributed by atoms with van der Waals surface area (Å²) in [6, 6.07) is 0. The molecule has 3 nitrogen and oxygen atoms in total. The van der Waals surface area contributed by atoms with Crippen LogP contribution in [0.2, 0.25) is 0 Å². The summed E-state index contributed by atoms with van der Waals surface area (Å²) in [5.41, 5.74) is 1.10. The van der Waals surface area contributed by atoms with E-state index >= 15 is 0 Å². The maximum absolute atomic E-state index is 5.38. The Balaban J connectivity index is 2.06. The first-order valence-electron chi connectivity index (χ1n) is 3.66. The minimum atomic E-state index is 0.380. The molecule has 0 radical (unpaired) electrons. The number of fused-ring (bicyclic) bond motifs is 1. The van der Waals surface area contributed by atoms with Crippen LogP contribution in [0.25, 0.3) is 0 Å². The second kappa shape index (κ2) is 2.23. The van der Waals surface area contributed by atoms with Gasteiger partial charge in [-0.25, -0.2) is 0 Å². The molecule has 0 saturated carbocycles. The van der Waals surface area contributed by atoms with Gasteiger partial charge >= 0.3 is 0 Å². The summed E-state index contributed by atoms with van der Waals surface area (Å²) in [7, 11) is 0. The van der Waals surface area contributed by atoms with Gasteiger partial charge in [0, 0.05) is 5.92 Å². The molecule has 56 valence electrons. The van der Waals surface area contributed by atoms with Gasteiger partial charge in [-0.05, 0) is 13.3 Å². The summed E-state index contributed by atoms with van der Waals surface area (Å²) in [6.45, 7) is 3.53. The molecule has 2 aliphatic heterocycles. The fourth-order valence-electron chi connectivity index (χ4n) is 1.43. The first-order valence-corrected chi connectivity index (χ1v) is 3.66.